The van der Waals surface area contributed by atoms with E-state index in [-0.39, 0.29) is 19.3 Å². The normalized spacial score (nSPS) is 11.3. The van der Waals surface area contributed by atoms with E-state index in [9.17, 15) is 20.3 Å². The van der Waals surface area contributed by atoms with Gasteiger partial charge in [0.2, 0.25) is 0 Å². The minimum atomic E-state index is -0.600. The third-order valence-electron chi connectivity index (χ3n) is 3.62. The molecule has 128 valence electrons. The number of rotatable bonds is 6. The standard InChI is InChI=1S/C17H15N3O5/c21-10-19(11-22)16-9-12(14-3-1-2-4-15(14)18-16)5-6-13-7-8-17(25-13)20(23)24/h1-9,21-22H,10-11H2/b6-5+. The molecule has 0 spiro atoms. The maximum absolute atomic E-state index is 10.7. The summed E-state index contributed by atoms with van der Waals surface area (Å²) in [5.41, 5.74) is 1.46. The third kappa shape index (κ3) is 3.49. The number of anilines is 1. The van der Waals surface area contributed by atoms with Gasteiger partial charge in [-0.05, 0) is 29.8 Å². The number of hydrogen-bond acceptors (Lipinski definition) is 7. The van der Waals surface area contributed by atoms with Crippen molar-refractivity contribution in [3.63, 3.8) is 0 Å². The van der Waals surface area contributed by atoms with Gasteiger partial charge in [0.05, 0.1) is 11.6 Å². The minimum absolute atomic E-state index is 0.327. The van der Waals surface area contributed by atoms with E-state index in [1.54, 1.807) is 18.2 Å². The van der Waals surface area contributed by atoms with Crippen LogP contribution in [0.1, 0.15) is 11.3 Å². The van der Waals surface area contributed by atoms with E-state index in [0.717, 1.165) is 10.9 Å². The summed E-state index contributed by atoms with van der Waals surface area (Å²) in [5.74, 6) is 0.427. The average Bonchev–Trinajstić information content (AvgIpc) is 3.10. The molecule has 0 saturated carbocycles. The Bertz CT molecular complexity index is 931. The quantitative estimate of drug-likeness (QED) is 0.402. The Morgan fingerprint density at radius 1 is 1.16 bits per heavy atom. The van der Waals surface area contributed by atoms with Gasteiger partial charge in [0.15, 0.2) is 0 Å². The fourth-order valence-corrected chi connectivity index (χ4v) is 2.38. The zero-order valence-electron chi connectivity index (χ0n) is 13.1. The molecule has 3 rings (SSSR count). The second-order valence-electron chi connectivity index (χ2n) is 5.18. The van der Waals surface area contributed by atoms with Crippen LogP contribution in [0, 0.1) is 10.1 Å². The Labute approximate surface area is 142 Å². The molecule has 1 aromatic carbocycles. The molecule has 25 heavy (non-hydrogen) atoms. The Morgan fingerprint density at radius 2 is 1.92 bits per heavy atom. The van der Waals surface area contributed by atoms with Crippen LogP contribution in [0.4, 0.5) is 11.7 Å². The largest absolute Gasteiger partial charge is 0.433 e. The van der Waals surface area contributed by atoms with Crippen LogP contribution in [0.3, 0.4) is 0 Å². The van der Waals surface area contributed by atoms with Crippen LogP contribution >= 0.6 is 0 Å². The van der Waals surface area contributed by atoms with Crippen LogP contribution in [0.2, 0.25) is 0 Å². The van der Waals surface area contributed by atoms with E-state index in [2.05, 4.69) is 4.98 Å². The predicted octanol–water partition coefficient (Wildman–Crippen LogP) is 2.61. The smallest absolute Gasteiger partial charge is 0.401 e. The van der Waals surface area contributed by atoms with Crippen molar-refractivity contribution in [1.29, 1.82) is 0 Å². The summed E-state index contributed by atoms with van der Waals surface area (Å²) in [6.45, 7) is -0.759. The predicted molar refractivity (Wildman–Crippen MR) is 92.7 cm³/mol. The van der Waals surface area contributed by atoms with Crippen LogP contribution in [-0.4, -0.2) is 33.6 Å². The van der Waals surface area contributed by atoms with Crippen molar-refractivity contribution < 1.29 is 19.6 Å². The van der Waals surface area contributed by atoms with Crippen molar-refractivity contribution in [1.82, 2.24) is 4.98 Å². The molecule has 8 heteroatoms. The first-order valence-corrected chi connectivity index (χ1v) is 7.41. The number of hydrogen-bond donors (Lipinski definition) is 2. The number of aromatic nitrogens is 1. The first-order valence-electron chi connectivity index (χ1n) is 7.41. The van der Waals surface area contributed by atoms with Crippen molar-refractivity contribution >= 4 is 34.8 Å². The molecule has 0 fully saturated rings. The van der Waals surface area contributed by atoms with E-state index in [4.69, 9.17) is 4.42 Å². The Kier molecular flexibility index (Phi) is 4.73. The molecule has 0 amide bonds. The number of pyridine rings is 1. The molecule has 0 saturated heterocycles. The third-order valence-corrected chi connectivity index (χ3v) is 3.62. The zero-order chi connectivity index (χ0) is 17.8. The summed E-state index contributed by atoms with van der Waals surface area (Å²) < 4.78 is 5.11. The molecule has 3 aromatic rings. The van der Waals surface area contributed by atoms with Gasteiger partial charge in [0.25, 0.3) is 0 Å². The number of fused-ring (bicyclic) bond motifs is 1. The summed E-state index contributed by atoms with van der Waals surface area (Å²) in [6, 6.07) is 11.9. The number of furan rings is 1. The van der Waals surface area contributed by atoms with Crippen molar-refractivity contribution in [3.05, 3.63) is 63.9 Å². The van der Waals surface area contributed by atoms with E-state index in [1.807, 2.05) is 24.3 Å². The molecule has 8 nitrogen and oxygen atoms in total. The zero-order valence-corrected chi connectivity index (χ0v) is 13.1. The number of aliphatic hydroxyl groups excluding tert-OH is 2. The topological polar surface area (TPSA) is 113 Å². The van der Waals surface area contributed by atoms with Gasteiger partial charge in [-0.25, -0.2) is 4.98 Å². The van der Waals surface area contributed by atoms with Crippen molar-refractivity contribution in [2.24, 2.45) is 0 Å². The molecule has 0 aliphatic rings. The first-order chi connectivity index (χ1) is 12.1. The lowest BCUT2D eigenvalue weighted by molar-refractivity contribution is -0.402. The van der Waals surface area contributed by atoms with Gasteiger partial charge in [-0.15, -0.1) is 0 Å². The van der Waals surface area contributed by atoms with Gasteiger partial charge in [0, 0.05) is 5.39 Å². The van der Waals surface area contributed by atoms with Gasteiger partial charge < -0.3 is 19.5 Å². The highest BCUT2D eigenvalue weighted by Crippen LogP contribution is 2.25. The lowest BCUT2D eigenvalue weighted by atomic mass is 10.1. The van der Waals surface area contributed by atoms with Gasteiger partial charge in [-0.3, -0.25) is 10.1 Å². The Balaban J connectivity index is 2.03. The summed E-state index contributed by atoms with van der Waals surface area (Å²) in [7, 11) is 0. The van der Waals surface area contributed by atoms with Crippen LogP contribution in [0.25, 0.3) is 23.1 Å². The highest BCUT2D eigenvalue weighted by atomic mass is 16.6. The van der Waals surface area contributed by atoms with E-state index >= 15 is 0 Å². The Morgan fingerprint density at radius 3 is 2.60 bits per heavy atom. The molecule has 2 aromatic heterocycles. The summed E-state index contributed by atoms with van der Waals surface area (Å²) in [6.07, 6.45) is 3.35. The number of nitrogens with zero attached hydrogens (tertiary/aromatic N) is 3. The molecule has 0 aliphatic heterocycles. The fourth-order valence-electron chi connectivity index (χ4n) is 2.38. The summed E-state index contributed by atoms with van der Waals surface area (Å²) in [4.78, 5) is 15.8. The first kappa shape index (κ1) is 16.6. The van der Waals surface area contributed by atoms with Crippen LogP contribution in [0.15, 0.2) is 46.9 Å². The fraction of sp³-hybridized carbons (Fsp3) is 0.118. The maximum atomic E-state index is 10.7. The van der Waals surface area contributed by atoms with Crippen molar-refractivity contribution in [2.75, 3.05) is 18.4 Å². The van der Waals surface area contributed by atoms with Gasteiger partial charge in [-0.1, -0.05) is 24.3 Å². The van der Waals surface area contributed by atoms with Gasteiger partial charge in [0.1, 0.15) is 30.0 Å². The van der Waals surface area contributed by atoms with Crippen molar-refractivity contribution in [3.8, 4) is 0 Å². The summed E-state index contributed by atoms with van der Waals surface area (Å²) in [5, 5.41) is 30.2. The Hall–Kier alpha value is -3.23. The van der Waals surface area contributed by atoms with Gasteiger partial charge in [-0.2, -0.15) is 0 Å². The number of benzene rings is 1. The highest BCUT2D eigenvalue weighted by molar-refractivity contribution is 5.91. The molecule has 0 aliphatic carbocycles. The van der Waals surface area contributed by atoms with E-state index in [0.29, 0.717) is 17.1 Å². The van der Waals surface area contributed by atoms with Crippen LogP contribution in [0.5, 0.6) is 0 Å². The second kappa shape index (κ2) is 7.12. The molecular weight excluding hydrogens is 326 g/mol. The lowest BCUT2D eigenvalue weighted by Crippen LogP contribution is -2.26. The minimum Gasteiger partial charge on any atom is -0.401 e. The number of nitro groups is 1. The molecule has 0 atom stereocenters. The summed E-state index contributed by atoms with van der Waals surface area (Å²) >= 11 is 0. The molecule has 2 heterocycles. The van der Waals surface area contributed by atoms with Crippen LogP contribution in [-0.2, 0) is 0 Å². The maximum Gasteiger partial charge on any atom is 0.433 e. The number of para-hydroxylation sites is 1. The monoisotopic (exact) mass is 341 g/mol. The molecule has 0 bridgehead atoms. The highest BCUT2D eigenvalue weighted by Gasteiger charge is 2.11. The van der Waals surface area contributed by atoms with E-state index in [1.165, 1.54) is 17.0 Å². The molecule has 2 N–H and O–H groups in total. The average molecular weight is 341 g/mol. The van der Waals surface area contributed by atoms with Gasteiger partial charge >= 0.3 is 5.88 Å². The SMILES string of the molecule is O=[N+]([O-])c1ccc(/C=C/c2cc(N(CO)CO)nc3ccccc23)o1. The molecule has 0 radical (unpaired) electrons. The van der Waals surface area contributed by atoms with E-state index < -0.39 is 4.92 Å². The molecule has 0 unspecified atom stereocenters. The lowest BCUT2D eigenvalue weighted by Gasteiger charge is -2.19. The molecular formula is C17H15N3O5. The number of aliphatic hydroxyl groups is 2. The second-order valence-corrected chi connectivity index (χ2v) is 5.18. The van der Waals surface area contributed by atoms with Crippen LogP contribution < -0.4 is 4.90 Å². The van der Waals surface area contributed by atoms with Crippen molar-refractivity contribution in [2.45, 2.75) is 0 Å².